The molecule has 0 N–H and O–H groups in total. The van der Waals surface area contributed by atoms with Crippen molar-refractivity contribution in [2.75, 3.05) is 13.3 Å². The fraction of sp³-hybridized carbons (Fsp3) is 0.744. The second-order valence-electron chi connectivity index (χ2n) is 12.9. The van der Waals surface area contributed by atoms with Crippen molar-refractivity contribution >= 4 is 7.92 Å². The van der Waals surface area contributed by atoms with Crippen LogP contribution in [0.25, 0.3) is 0 Å². The van der Waals surface area contributed by atoms with Crippen LogP contribution in [0.2, 0.25) is 0 Å². The van der Waals surface area contributed by atoms with Gasteiger partial charge in [-0.1, -0.05) is 182 Å². The summed E-state index contributed by atoms with van der Waals surface area (Å²) in [4.78, 5) is 0. The Morgan fingerprint density at radius 2 is 1.32 bits per heavy atom. The van der Waals surface area contributed by atoms with Crippen LogP contribution in [0.15, 0.2) is 54.3 Å². The van der Waals surface area contributed by atoms with Crippen LogP contribution in [-0.4, -0.2) is 13.3 Å². The Balaban J connectivity index is -0.000000145. The van der Waals surface area contributed by atoms with E-state index in [9.17, 15) is 0 Å². The first-order valence-corrected chi connectivity index (χ1v) is 20.5. The van der Waals surface area contributed by atoms with E-state index in [0.29, 0.717) is 0 Å². The van der Waals surface area contributed by atoms with Gasteiger partial charge < -0.3 is 0 Å². The first-order valence-electron chi connectivity index (χ1n) is 18.3. The molecule has 0 spiro atoms. The molecule has 2 aliphatic rings. The smallest absolute Gasteiger partial charge is 0.0297 e. The molecular formula is C43H83P. The highest BCUT2D eigenvalue weighted by molar-refractivity contribution is 7.61. The van der Waals surface area contributed by atoms with Gasteiger partial charge in [0, 0.05) is 6.42 Å². The molecular weight excluding hydrogens is 547 g/mol. The highest BCUT2D eigenvalue weighted by Crippen LogP contribution is 2.35. The van der Waals surface area contributed by atoms with E-state index in [1.165, 1.54) is 63.4 Å². The first kappa shape index (κ1) is 52.3. The van der Waals surface area contributed by atoms with E-state index in [0.717, 1.165) is 48.0 Å². The van der Waals surface area contributed by atoms with Crippen LogP contribution in [0.4, 0.5) is 0 Å². The summed E-state index contributed by atoms with van der Waals surface area (Å²) in [6.45, 7) is 41.7. The van der Waals surface area contributed by atoms with Gasteiger partial charge in [0.1, 0.15) is 0 Å². The molecule has 0 aromatic heterocycles. The van der Waals surface area contributed by atoms with Gasteiger partial charge in [-0.3, -0.25) is 0 Å². The monoisotopic (exact) mass is 631 g/mol. The lowest BCUT2D eigenvalue weighted by atomic mass is 9.74. The molecule has 0 amide bonds. The van der Waals surface area contributed by atoms with Crippen LogP contribution in [0.3, 0.4) is 0 Å². The van der Waals surface area contributed by atoms with Crippen LogP contribution in [-0.2, 0) is 0 Å². The highest BCUT2D eigenvalue weighted by Gasteiger charge is 2.23. The number of rotatable bonds is 7. The molecule has 2 rings (SSSR count). The fourth-order valence-corrected chi connectivity index (χ4v) is 4.66. The highest BCUT2D eigenvalue weighted by atomic mass is 31.1. The molecule has 0 atom stereocenters. The third-order valence-corrected chi connectivity index (χ3v) is 7.22. The largest absolute Gasteiger partial charge is 0.129 e. The van der Waals surface area contributed by atoms with Crippen molar-refractivity contribution in [2.45, 2.75) is 168 Å². The quantitative estimate of drug-likeness (QED) is 0.0863. The summed E-state index contributed by atoms with van der Waals surface area (Å²) in [6, 6.07) is 0. The third-order valence-electron chi connectivity index (χ3n) is 6.62. The summed E-state index contributed by atoms with van der Waals surface area (Å²) in [5.41, 5.74) is 8.24. The van der Waals surface area contributed by atoms with Gasteiger partial charge in [0.05, 0.1) is 0 Å². The average molecular weight is 631 g/mol. The van der Waals surface area contributed by atoms with E-state index in [1.54, 1.807) is 0 Å². The van der Waals surface area contributed by atoms with E-state index >= 15 is 0 Å². The first-order chi connectivity index (χ1) is 20.8. The summed E-state index contributed by atoms with van der Waals surface area (Å²) >= 11 is 0. The Labute approximate surface area is 283 Å². The number of hydrogen-bond acceptors (Lipinski definition) is 0. The Morgan fingerprint density at radius 1 is 0.864 bits per heavy atom. The van der Waals surface area contributed by atoms with Gasteiger partial charge in [-0.2, -0.15) is 0 Å². The van der Waals surface area contributed by atoms with Crippen molar-refractivity contribution in [2.24, 2.45) is 29.6 Å². The molecule has 2 fully saturated rings. The van der Waals surface area contributed by atoms with Crippen molar-refractivity contribution in [3.05, 3.63) is 54.3 Å². The van der Waals surface area contributed by atoms with Crippen LogP contribution in [0.5, 0.6) is 0 Å². The normalized spacial score (nSPS) is 19.6. The Morgan fingerprint density at radius 3 is 1.64 bits per heavy atom. The van der Waals surface area contributed by atoms with Gasteiger partial charge in [0.2, 0.25) is 0 Å². The minimum atomic E-state index is -0.0333. The molecule has 2 aliphatic carbocycles. The molecule has 0 aromatic carbocycles. The molecule has 0 aromatic rings. The Hall–Kier alpha value is -1.27. The van der Waals surface area contributed by atoms with Gasteiger partial charge in [-0.25, -0.2) is 0 Å². The standard InChI is InChI=1S/C12H18.C8H13P.2C8H16.C3H8.2C2H6/c1-5-6-9-12(4)10-7-8-11(2)3;1-8(2)6-5-7-9(3)4;1-7-3-5-8(2)6-4-7;1-3-4-8-5-7(2)6-8;1-3-2;2*1-2/h6-7,9-11H,1,8H2,2-4H3;1,6H2,2-4H3;2*7-8H,3-6H2,1-2H3;3H2,1-2H3;2*1-2H3/b10-7-,12-9-;;;;;;. The van der Waals surface area contributed by atoms with Crippen molar-refractivity contribution < 1.29 is 0 Å². The summed E-state index contributed by atoms with van der Waals surface area (Å²) in [5.74, 6) is 8.00. The zero-order chi connectivity index (χ0) is 35.3. The van der Waals surface area contributed by atoms with Crippen LogP contribution < -0.4 is 0 Å². The third kappa shape index (κ3) is 50.4. The summed E-state index contributed by atoms with van der Waals surface area (Å²) < 4.78 is 0. The number of hydrogen-bond donors (Lipinski definition) is 0. The van der Waals surface area contributed by atoms with Gasteiger partial charge in [0.25, 0.3) is 0 Å². The average Bonchev–Trinajstić information content (AvgIpc) is 2.96. The van der Waals surface area contributed by atoms with Gasteiger partial charge in [-0.15, -0.1) is 5.73 Å². The van der Waals surface area contributed by atoms with E-state index in [2.05, 4.69) is 118 Å². The lowest BCUT2D eigenvalue weighted by Gasteiger charge is -2.32. The predicted molar refractivity (Wildman–Crippen MR) is 214 cm³/mol. The lowest BCUT2D eigenvalue weighted by Crippen LogP contribution is -2.20. The fourth-order valence-electron chi connectivity index (χ4n) is 4.26. The molecule has 0 heterocycles. The van der Waals surface area contributed by atoms with Crippen molar-refractivity contribution in [1.29, 1.82) is 0 Å². The van der Waals surface area contributed by atoms with Crippen LogP contribution >= 0.6 is 7.92 Å². The van der Waals surface area contributed by atoms with Crippen LogP contribution in [0, 0.1) is 41.2 Å². The van der Waals surface area contributed by atoms with Crippen LogP contribution in [0.1, 0.15) is 168 Å². The molecule has 0 radical (unpaired) electrons. The van der Waals surface area contributed by atoms with Crippen molar-refractivity contribution in [3.63, 3.8) is 0 Å². The summed E-state index contributed by atoms with van der Waals surface area (Å²) in [6.07, 6.45) is 23.2. The summed E-state index contributed by atoms with van der Waals surface area (Å²) in [5, 5.41) is 0. The van der Waals surface area contributed by atoms with E-state index < -0.39 is 0 Å². The van der Waals surface area contributed by atoms with Gasteiger partial charge in [-0.05, 0) is 90.0 Å². The van der Waals surface area contributed by atoms with Gasteiger partial charge in [0.15, 0.2) is 0 Å². The molecule has 2 saturated carbocycles. The molecule has 0 saturated heterocycles. The summed E-state index contributed by atoms with van der Waals surface area (Å²) in [7, 11) is -0.0333. The molecule has 0 unspecified atom stereocenters. The lowest BCUT2D eigenvalue weighted by molar-refractivity contribution is 0.198. The minimum absolute atomic E-state index is 0.0333. The molecule has 0 nitrogen and oxygen atoms in total. The van der Waals surface area contributed by atoms with E-state index in [-0.39, 0.29) is 7.92 Å². The maximum absolute atomic E-state index is 3.76. The van der Waals surface area contributed by atoms with Crippen molar-refractivity contribution in [3.8, 4) is 11.6 Å². The van der Waals surface area contributed by atoms with E-state index in [1.807, 2.05) is 46.8 Å². The second kappa shape index (κ2) is 41.7. The SMILES string of the molecule is C=C(C)CC#CP(C)C.C=C=C/C=C(C)\C=C/CC(C)C.CC.CC.CC1CCC(C)CC1.CCC.CCCC1CC(C)C1. The molecule has 44 heavy (non-hydrogen) atoms. The molecule has 260 valence electrons. The maximum Gasteiger partial charge on any atom is 0.0297 e. The second-order valence-corrected chi connectivity index (χ2v) is 14.9. The molecule has 0 aliphatic heterocycles. The predicted octanol–water partition coefficient (Wildman–Crippen LogP) is 15.7. The zero-order valence-corrected chi connectivity index (χ0v) is 34.2. The minimum Gasteiger partial charge on any atom is -0.129 e. The Bertz CT molecular complexity index is 721. The van der Waals surface area contributed by atoms with Gasteiger partial charge >= 0.3 is 0 Å². The Kier molecular flexibility index (Phi) is 49.6. The van der Waals surface area contributed by atoms with Crippen molar-refractivity contribution in [1.82, 2.24) is 0 Å². The topological polar surface area (TPSA) is 0 Å². The molecule has 1 heteroatoms. The van der Waals surface area contributed by atoms with E-state index in [4.69, 9.17) is 0 Å². The molecule has 0 bridgehead atoms. The zero-order valence-electron chi connectivity index (χ0n) is 33.3. The maximum atomic E-state index is 3.76. The number of allylic oxidation sites excluding steroid dienone is 6.